The number of aryl methyl sites for hydroxylation is 1. The third-order valence-electron chi connectivity index (χ3n) is 4.88. The van der Waals surface area contributed by atoms with Crippen LogP contribution in [0.2, 0.25) is 5.02 Å². The van der Waals surface area contributed by atoms with Crippen LogP contribution in [0.15, 0.2) is 24.3 Å². The first-order valence-corrected chi connectivity index (χ1v) is 11.2. The molecule has 0 aliphatic heterocycles. The van der Waals surface area contributed by atoms with Gasteiger partial charge in [0.05, 0.1) is 12.7 Å². The Kier molecular flexibility index (Phi) is 7.71. The first-order chi connectivity index (χ1) is 13.6. The maximum atomic E-state index is 12.4. The van der Waals surface area contributed by atoms with Gasteiger partial charge in [0.25, 0.3) is 0 Å². The smallest absolute Gasteiger partial charge is 0.341 e. The Morgan fingerprint density at radius 3 is 2.79 bits per heavy atom. The summed E-state index contributed by atoms with van der Waals surface area (Å²) in [4.78, 5) is 13.7. The van der Waals surface area contributed by atoms with E-state index >= 15 is 0 Å². The lowest BCUT2D eigenvalue weighted by Crippen LogP contribution is -2.30. The van der Waals surface area contributed by atoms with E-state index < -0.39 is 0 Å². The lowest BCUT2D eigenvalue weighted by atomic mass is 9.96. The number of methoxy groups -OCH3 is 1. The Morgan fingerprint density at radius 2 is 2.04 bits per heavy atom. The van der Waals surface area contributed by atoms with Gasteiger partial charge in [0.2, 0.25) is 0 Å². The van der Waals surface area contributed by atoms with Gasteiger partial charge in [0, 0.05) is 16.4 Å². The Labute approximate surface area is 180 Å². The molecule has 3 rings (SSSR count). The van der Waals surface area contributed by atoms with Gasteiger partial charge in [-0.3, -0.25) is 0 Å². The van der Waals surface area contributed by atoms with Gasteiger partial charge in [0.15, 0.2) is 5.11 Å². The van der Waals surface area contributed by atoms with Crippen molar-refractivity contribution in [2.75, 3.05) is 19.0 Å². The van der Waals surface area contributed by atoms with Crippen molar-refractivity contribution < 1.29 is 9.53 Å². The topological polar surface area (TPSA) is 50.4 Å². The number of halogens is 1. The lowest BCUT2D eigenvalue weighted by Gasteiger charge is -2.12. The molecule has 0 unspecified atom stereocenters. The van der Waals surface area contributed by atoms with E-state index in [-0.39, 0.29) is 5.97 Å². The van der Waals surface area contributed by atoms with Crippen LogP contribution in [0.5, 0.6) is 0 Å². The minimum absolute atomic E-state index is 0.290. The van der Waals surface area contributed by atoms with Gasteiger partial charge in [-0.15, -0.1) is 11.3 Å². The van der Waals surface area contributed by atoms with Crippen LogP contribution >= 0.6 is 35.2 Å². The molecule has 1 heterocycles. The maximum Gasteiger partial charge on any atom is 0.341 e. The molecule has 1 aromatic heterocycles. The van der Waals surface area contributed by atoms with Crippen LogP contribution in [0.4, 0.5) is 5.00 Å². The molecule has 28 heavy (non-hydrogen) atoms. The number of anilines is 1. The molecule has 2 N–H and O–H groups in total. The zero-order valence-electron chi connectivity index (χ0n) is 16.0. The highest BCUT2D eigenvalue weighted by Crippen LogP contribution is 2.37. The monoisotopic (exact) mass is 436 g/mol. The predicted molar refractivity (Wildman–Crippen MR) is 121 cm³/mol. The van der Waals surface area contributed by atoms with Crippen LogP contribution in [0.1, 0.15) is 52.0 Å². The Hall–Kier alpha value is -1.63. The molecular formula is C21H25ClN2O2S2. The summed E-state index contributed by atoms with van der Waals surface area (Å²) < 4.78 is 5.06. The second-order valence-corrected chi connectivity index (χ2v) is 8.82. The summed E-state index contributed by atoms with van der Waals surface area (Å²) in [6.07, 6.45) is 7.48. The summed E-state index contributed by atoms with van der Waals surface area (Å²) in [5, 5.41) is 8.49. The number of rotatable bonds is 5. The molecule has 150 valence electrons. The summed E-state index contributed by atoms with van der Waals surface area (Å²) >= 11 is 13.1. The summed E-state index contributed by atoms with van der Waals surface area (Å²) in [6, 6.07) is 7.80. The number of hydrogen-bond acceptors (Lipinski definition) is 4. The molecule has 1 aliphatic rings. The molecular weight excluding hydrogens is 412 g/mol. The van der Waals surface area contributed by atoms with Gasteiger partial charge in [-0.25, -0.2) is 4.79 Å². The normalized spacial score (nSPS) is 13.8. The maximum absolute atomic E-state index is 12.4. The van der Waals surface area contributed by atoms with Gasteiger partial charge in [-0.1, -0.05) is 36.6 Å². The van der Waals surface area contributed by atoms with Crippen molar-refractivity contribution >= 4 is 51.2 Å². The van der Waals surface area contributed by atoms with Crippen molar-refractivity contribution in [3.05, 3.63) is 50.9 Å². The summed E-state index contributed by atoms with van der Waals surface area (Å²) in [5.74, 6) is -0.290. The second-order valence-electron chi connectivity index (χ2n) is 6.87. The molecule has 0 fully saturated rings. The van der Waals surface area contributed by atoms with E-state index in [0.29, 0.717) is 17.2 Å². The molecule has 0 atom stereocenters. The van der Waals surface area contributed by atoms with Gasteiger partial charge in [-0.05, 0) is 67.6 Å². The van der Waals surface area contributed by atoms with Crippen LogP contribution in [-0.4, -0.2) is 24.7 Å². The van der Waals surface area contributed by atoms with Crippen LogP contribution < -0.4 is 10.6 Å². The average molecular weight is 437 g/mol. The van der Waals surface area contributed by atoms with Crippen molar-refractivity contribution in [3.8, 4) is 0 Å². The molecule has 1 aromatic carbocycles. The number of benzene rings is 1. The molecule has 4 nitrogen and oxygen atoms in total. The number of nitrogens with one attached hydrogen (secondary N) is 2. The highest BCUT2D eigenvalue weighted by molar-refractivity contribution is 7.80. The third-order valence-corrected chi connectivity index (χ3v) is 6.56. The minimum atomic E-state index is -0.290. The quantitative estimate of drug-likeness (QED) is 0.487. The number of thiophene rings is 1. The molecule has 0 radical (unpaired) electrons. The fourth-order valence-electron chi connectivity index (χ4n) is 3.49. The zero-order valence-corrected chi connectivity index (χ0v) is 18.4. The standard InChI is InChI=1S/C21H25ClN2O2S2/c1-26-20(25)18-16-9-4-2-3-5-10-17(16)28-19(18)24-21(27)23-12-11-14-7-6-8-15(22)13-14/h6-8,13H,2-5,9-12H2,1H3,(H2,23,24,27). The van der Waals surface area contributed by atoms with Gasteiger partial charge in [-0.2, -0.15) is 0 Å². The summed E-state index contributed by atoms with van der Waals surface area (Å²) in [5.41, 5.74) is 2.95. The number of carbonyl (C=O) groups excluding carboxylic acids is 1. The van der Waals surface area contributed by atoms with Crippen molar-refractivity contribution in [2.24, 2.45) is 0 Å². The predicted octanol–water partition coefficient (Wildman–Crippen LogP) is 5.38. The molecule has 0 saturated heterocycles. The highest BCUT2D eigenvalue weighted by atomic mass is 35.5. The number of ether oxygens (including phenoxy) is 1. The largest absolute Gasteiger partial charge is 0.465 e. The average Bonchev–Trinajstić information content (AvgIpc) is 2.97. The molecule has 0 spiro atoms. The second kappa shape index (κ2) is 10.2. The van der Waals surface area contributed by atoms with Crippen molar-refractivity contribution in [3.63, 3.8) is 0 Å². The van der Waals surface area contributed by atoms with E-state index in [1.165, 1.54) is 24.8 Å². The van der Waals surface area contributed by atoms with E-state index in [0.717, 1.165) is 53.3 Å². The van der Waals surface area contributed by atoms with E-state index in [1.807, 2.05) is 24.3 Å². The van der Waals surface area contributed by atoms with E-state index in [2.05, 4.69) is 10.6 Å². The number of hydrogen-bond donors (Lipinski definition) is 2. The van der Waals surface area contributed by atoms with Crippen molar-refractivity contribution in [1.29, 1.82) is 0 Å². The fourth-order valence-corrected chi connectivity index (χ4v) is 5.25. The summed E-state index contributed by atoms with van der Waals surface area (Å²) in [7, 11) is 1.43. The first kappa shape index (κ1) is 21.1. The molecule has 2 aromatic rings. The molecule has 0 bridgehead atoms. The zero-order chi connectivity index (χ0) is 19.9. The van der Waals surface area contributed by atoms with Crippen LogP contribution in [0.25, 0.3) is 0 Å². The number of fused-ring (bicyclic) bond motifs is 1. The van der Waals surface area contributed by atoms with Crippen molar-refractivity contribution in [2.45, 2.75) is 44.9 Å². The van der Waals surface area contributed by atoms with Crippen LogP contribution in [0, 0.1) is 0 Å². The highest BCUT2D eigenvalue weighted by Gasteiger charge is 2.25. The SMILES string of the molecule is COC(=O)c1c(NC(=S)NCCc2cccc(Cl)c2)sc2c1CCCCCC2. The molecule has 7 heteroatoms. The Morgan fingerprint density at radius 1 is 1.25 bits per heavy atom. The fraction of sp³-hybridized carbons (Fsp3) is 0.429. The minimum Gasteiger partial charge on any atom is -0.465 e. The van der Waals surface area contributed by atoms with Gasteiger partial charge < -0.3 is 15.4 Å². The summed E-state index contributed by atoms with van der Waals surface area (Å²) in [6.45, 7) is 0.685. The molecule has 0 saturated carbocycles. The number of esters is 1. The van der Waals surface area contributed by atoms with E-state index in [1.54, 1.807) is 11.3 Å². The molecule has 1 aliphatic carbocycles. The third kappa shape index (κ3) is 5.46. The Bertz CT molecular complexity index is 851. The number of carbonyl (C=O) groups is 1. The van der Waals surface area contributed by atoms with E-state index in [4.69, 9.17) is 28.6 Å². The Balaban J connectivity index is 1.67. The van der Waals surface area contributed by atoms with Crippen molar-refractivity contribution in [1.82, 2.24) is 5.32 Å². The van der Waals surface area contributed by atoms with Crippen LogP contribution in [-0.2, 0) is 24.0 Å². The van der Waals surface area contributed by atoms with Gasteiger partial charge in [0.1, 0.15) is 5.00 Å². The molecule has 0 amide bonds. The first-order valence-electron chi connectivity index (χ1n) is 9.60. The van der Waals surface area contributed by atoms with E-state index in [9.17, 15) is 4.79 Å². The van der Waals surface area contributed by atoms with Gasteiger partial charge >= 0.3 is 5.97 Å². The lowest BCUT2D eigenvalue weighted by molar-refractivity contribution is 0.0601. The van der Waals surface area contributed by atoms with Crippen LogP contribution in [0.3, 0.4) is 0 Å². The number of thiocarbonyl (C=S) groups is 1.